The zero-order chi connectivity index (χ0) is 10.8. The van der Waals surface area contributed by atoms with E-state index < -0.39 is 0 Å². The number of hydrogen-bond donors (Lipinski definition) is 1. The van der Waals surface area contributed by atoms with Crippen molar-refractivity contribution in [2.75, 3.05) is 5.73 Å². The number of nitrogen functional groups attached to an aromatic ring is 1. The number of hydrogen-bond acceptors (Lipinski definition) is 4. The molecule has 1 aromatic heterocycles. The van der Waals surface area contributed by atoms with E-state index in [9.17, 15) is 0 Å². The van der Waals surface area contributed by atoms with Crippen LogP contribution in [-0.2, 0) is 0 Å². The summed E-state index contributed by atoms with van der Waals surface area (Å²) in [7, 11) is 0. The van der Waals surface area contributed by atoms with Crippen LogP contribution in [0.1, 0.15) is 5.56 Å². The molecule has 0 aliphatic rings. The summed E-state index contributed by atoms with van der Waals surface area (Å²) in [6.07, 6.45) is 1.43. The molecular formula is C9H6ClN5. The van der Waals surface area contributed by atoms with Crippen LogP contribution >= 0.6 is 11.6 Å². The summed E-state index contributed by atoms with van der Waals surface area (Å²) in [5.74, 6) is 0.152. The third-order valence-corrected chi connectivity index (χ3v) is 2.17. The molecule has 0 bridgehead atoms. The van der Waals surface area contributed by atoms with Gasteiger partial charge in [0.15, 0.2) is 0 Å². The monoisotopic (exact) mass is 219 g/mol. The number of nitrogens with zero attached hydrogens (tertiary/aromatic N) is 4. The van der Waals surface area contributed by atoms with Gasteiger partial charge in [0.25, 0.3) is 0 Å². The van der Waals surface area contributed by atoms with Crippen LogP contribution in [0.2, 0.25) is 5.02 Å². The fraction of sp³-hybridized carbons (Fsp3) is 0. The fourth-order valence-electron chi connectivity index (χ4n) is 1.21. The van der Waals surface area contributed by atoms with E-state index in [-0.39, 0.29) is 5.95 Å². The molecule has 0 unspecified atom stereocenters. The van der Waals surface area contributed by atoms with Crippen LogP contribution < -0.4 is 5.73 Å². The zero-order valence-electron chi connectivity index (χ0n) is 7.55. The molecule has 15 heavy (non-hydrogen) atoms. The van der Waals surface area contributed by atoms with Gasteiger partial charge in [-0.05, 0) is 12.1 Å². The molecule has 0 aliphatic carbocycles. The quantitative estimate of drug-likeness (QED) is 0.786. The summed E-state index contributed by atoms with van der Waals surface area (Å²) in [5, 5.41) is 13.2. The Morgan fingerprint density at radius 2 is 2.27 bits per heavy atom. The maximum atomic E-state index is 8.94. The minimum Gasteiger partial charge on any atom is -0.366 e. The molecule has 2 rings (SSSR count). The van der Waals surface area contributed by atoms with E-state index in [0.29, 0.717) is 16.3 Å². The van der Waals surface area contributed by atoms with Gasteiger partial charge < -0.3 is 5.73 Å². The molecule has 0 fully saturated rings. The first-order chi connectivity index (χ1) is 7.22. The number of aromatic nitrogens is 3. The van der Waals surface area contributed by atoms with Crippen molar-refractivity contribution in [3.8, 4) is 11.8 Å². The largest absolute Gasteiger partial charge is 0.366 e. The molecule has 0 radical (unpaired) electrons. The van der Waals surface area contributed by atoms with Gasteiger partial charge in [-0.15, -0.1) is 5.10 Å². The highest BCUT2D eigenvalue weighted by molar-refractivity contribution is 6.32. The van der Waals surface area contributed by atoms with Gasteiger partial charge in [0.2, 0.25) is 5.95 Å². The summed E-state index contributed by atoms with van der Waals surface area (Å²) in [6, 6.07) is 7.11. The molecule has 0 aliphatic heterocycles. The molecule has 0 atom stereocenters. The number of rotatable bonds is 1. The normalized spacial score (nSPS) is 9.87. The van der Waals surface area contributed by atoms with Crippen molar-refractivity contribution < 1.29 is 0 Å². The minimum atomic E-state index is 0.152. The lowest BCUT2D eigenvalue weighted by Gasteiger charge is -2.03. The second kappa shape index (κ2) is 3.59. The van der Waals surface area contributed by atoms with E-state index >= 15 is 0 Å². The van der Waals surface area contributed by atoms with E-state index in [2.05, 4.69) is 10.1 Å². The highest BCUT2D eigenvalue weighted by Gasteiger charge is 2.09. The summed E-state index contributed by atoms with van der Waals surface area (Å²) in [4.78, 5) is 3.78. The topological polar surface area (TPSA) is 80.5 Å². The predicted octanol–water partition coefficient (Wildman–Crippen LogP) is 1.37. The smallest absolute Gasteiger partial charge is 0.239 e. The lowest BCUT2D eigenvalue weighted by atomic mass is 10.2. The van der Waals surface area contributed by atoms with Crippen LogP contribution in [0.4, 0.5) is 5.95 Å². The Hall–Kier alpha value is -2.06. The minimum absolute atomic E-state index is 0.152. The Kier molecular flexibility index (Phi) is 2.27. The molecule has 2 N–H and O–H groups in total. The zero-order valence-corrected chi connectivity index (χ0v) is 8.31. The van der Waals surface area contributed by atoms with Crippen molar-refractivity contribution in [2.45, 2.75) is 0 Å². The fourth-order valence-corrected chi connectivity index (χ4v) is 1.42. The van der Waals surface area contributed by atoms with E-state index in [1.54, 1.807) is 18.2 Å². The van der Waals surface area contributed by atoms with Gasteiger partial charge in [-0.1, -0.05) is 17.7 Å². The number of anilines is 1. The van der Waals surface area contributed by atoms with Crippen molar-refractivity contribution in [3.05, 3.63) is 35.1 Å². The van der Waals surface area contributed by atoms with Crippen LogP contribution in [0.25, 0.3) is 5.69 Å². The first-order valence-corrected chi connectivity index (χ1v) is 4.46. The Bertz CT molecular complexity index is 540. The molecule has 2 aromatic rings. The van der Waals surface area contributed by atoms with Crippen LogP contribution in [0.15, 0.2) is 24.5 Å². The van der Waals surface area contributed by atoms with Gasteiger partial charge in [-0.2, -0.15) is 5.26 Å². The number of nitrogens with two attached hydrogens (primary N) is 1. The Balaban J connectivity index is 2.63. The molecule has 0 amide bonds. The van der Waals surface area contributed by atoms with Crippen LogP contribution in [0.3, 0.4) is 0 Å². The second-order valence-electron chi connectivity index (χ2n) is 2.79. The molecule has 74 valence electrons. The van der Waals surface area contributed by atoms with E-state index in [1.807, 2.05) is 6.07 Å². The van der Waals surface area contributed by atoms with Crippen molar-refractivity contribution in [1.82, 2.24) is 14.8 Å². The third kappa shape index (κ3) is 1.63. The van der Waals surface area contributed by atoms with E-state index in [4.69, 9.17) is 22.6 Å². The predicted molar refractivity (Wildman–Crippen MR) is 55.5 cm³/mol. The van der Waals surface area contributed by atoms with Gasteiger partial charge in [-0.3, -0.25) is 0 Å². The van der Waals surface area contributed by atoms with Crippen LogP contribution in [-0.4, -0.2) is 14.8 Å². The molecule has 0 spiro atoms. The highest BCUT2D eigenvalue weighted by atomic mass is 35.5. The summed E-state index contributed by atoms with van der Waals surface area (Å²) in [5.41, 5.74) is 6.30. The van der Waals surface area contributed by atoms with E-state index in [1.165, 1.54) is 11.0 Å². The molecule has 0 saturated heterocycles. The van der Waals surface area contributed by atoms with Crippen LogP contribution in [0, 0.1) is 11.3 Å². The molecule has 0 saturated carbocycles. The third-order valence-electron chi connectivity index (χ3n) is 1.86. The van der Waals surface area contributed by atoms with Crippen molar-refractivity contribution in [3.63, 3.8) is 0 Å². The van der Waals surface area contributed by atoms with Crippen molar-refractivity contribution in [2.24, 2.45) is 0 Å². The van der Waals surface area contributed by atoms with Gasteiger partial charge >= 0.3 is 0 Å². The lowest BCUT2D eigenvalue weighted by Crippen LogP contribution is -1.99. The molecule has 6 heteroatoms. The molecule has 5 nitrogen and oxygen atoms in total. The Morgan fingerprint density at radius 3 is 2.87 bits per heavy atom. The number of nitriles is 1. The number of benzene rings is 1. The summed E-state index contributed by atoms with van der Waals surface area (Å²) >= 11 is 5.87. The maximum Gasteiger partial charge on any atom is 0.239 e. The second-order valence-corrected chi connectivity index (χ2v) is 3.20. The van der Waals surface area contributed by atoms with Gasteiger partial charge in [0.1, 0.15) is 12.4 Å². The SMILES string of the molecule is N#Cc1c(Cl)cccc1-n1cnc(N)n1. The van der Waals surface area contributed by atoms with Gasteiger partial charge in [0, 0.05) is 0 Å². The first kappa shape index (κ1) is 9.49. The maximum absolute atomic E-state index is 8.94. The Labute approximate surface area is 90.7 Å². The Morgan fingerprint density at radius 1 is 1.47 bits per heavy atom. The summed E-state index contributed by atoms with van der Waals surface area (Å²) < 4.78 is 1.42. The average molecular weight is 220 g/mol. The summed E-state index contributed by atoms with van der Waals surface area (Å²) in [6.45, 7) is 0. The van der Waals surface area contributed by atoms with Crippen molar-refractivity contribution in [1.29, 1.82) is 5.26 Å². The number of halogens is 1. The van der Waals surface area contributed by atoms with Gasteiger partial charge in [0.05, 0.1) is 16.3 Å². The first-order valence-electron chi connectivity index (χ1n) is 4.08. The molecule has 1 heterocycles. The average Bonchev–Trinajstić information content (AvgIpc) is 2.64. The highest BCUT2D eigenvalue weighted by Crippen LogP contribution is 2.21. The van der Waals surface area contributed by atoms with Crippen LogP contribution in [0.5, 0.6) is 0 Å². The van der Waals surface area contributed by atoms with Gasteiger partial charge in [-0.25, -0.2) is 9.67 Å². The van der Waals surface area contributed by atoms with Crippen molar-refractivity contribution >= 4 is 17.5 Å². The lowest BCUT2D eigenvalue weighted by molar-refractivity contribution is 0.880. The van der Waals surface area contributed by atoms with E-state index in [0.717, 1.165) is 0 Å². The standard InChI is InChI=1S/C9H6ClN5/c10-7-2-1-3-8(6(7)4-11)15-5-13-9(12)14-15/h1-3,5H,(H2,12,14). The molecular weight excluding hydrogens is 214 g/mol. The molecule has 1 aromatic carbocycles.